The summed E-state index contributed by atoms with van der Waals surface area (Å²) in [6.07, 6.45) is 1.80. The van der Waals surface area contributed by atoms with E-state index in [1.807, 2.05) is 49.5 Å². The van der Waals surface area contributed by atoms with Gasteiger partial charge in [0, 0.05) is 13.6 Å². The summed E-state index contributed by atoms with van der Waals surface area (Å²) in [6.45, 7) is 2.44. The number of carbonyl (C=O) groups is 1. The summed E-state index contributed by atoms with van der Waals surface area (Å²) in [5.41, 5.74) is 7.35. The van der Waals surface area contributed by atoms with E-state index in [1.54, 1.807) is 18.9 Å². The topological polar surface area (TPSA) is 55.6 Å². The minimum Gasteiger partial charge on any atom is -0.497 e. The summed E-state index contributed by atoms with van der Waals surface area (Å²) in [5.74, 6) is 0.788. The van der Waals surface area contributed by atoms with E-state index < -0.39 is 5.54 Å². The van der Waals surface area contributed by atoms with E-state index in [-0.39, 0.29) is 5.91 Å². The minimum atomic E-state index is -1.00. The van der Waals surface area contributed by atoms with Crippen molar-refractivity contribution in [1.82, 2.24) is 4.90 Å². The molecule has 0 spiro atoms. The molecular formula is C20H26N2O2. The largest absolute Gasteiger partial charge is 0.497 e. The zero-order chi connectivity index (χ0) is 17.6. The smallest absolute Gasteiger partial charge is 0.246 e. The van der Waals surface area contributed by atoms with Crippen LogP contribution in [-0.4, -0.2) is 31.5 Å². The number of nitrogens with two attached hydrogens (primary N) is 1. The Hall–Kier alpha value is -2.33. The number of methoxy groups -OCH3 is 1. The molecule has 24 heavy (non-hydrogen) atoms. The Morgan fingerprint density at radius 1 is 1.12 bits per heavy atom. The molecule has 2 aromatic rings. The molecule has 2 N–H and O–H groups in total. The zero-order valence-electron chi connectivity index (χ0n) is 14.7. The number of rotatable bonds is 7. The van der Waals surface area contributed by atoms with E-state index >= 15 is 0 Å². The quantitative estimate of drug-likeness (QED) is 0.851. The van der Waals surface area contributed by atoms with Gasteiger partial charge in [0.2, 0.25) is 5.91 Å². The van der Waals surface area contributed by atoms with Crippen molar-refractivity contribution in [2.24, 2.45) is 5.73 Å². The maximum absolute atomic E-state index is 12.7. The van der Waals surface area contributed by atoms with Gasteiger partial charge in [0.05, 0.1) is 7.11 Å². The third-order valence-corrected chi connectivity index (χ3v) is 4.28. The van der Waals surface area contributed by atoms with Gasteiger partial charge in [-0.3, -0.25) is 4.79 Å². The molecule has 2 aromatic carbocycles. The highest BCUT2D eigenvalue weighted by molar-refractivity contribution is 5.86. The number of hydrogen-bond acceptors (Lipinski definition) is 3. The van der Waals surface area contributed by atoms with E-state index in [0.29, 0.717) is 6.54 Å². The fourth-order valence-electron chi connectivity index (χ4n) is 2.72. The molecule has 0 aliphatic rings. The molecule has 0 fully saturated rings. The van der Waals surface area contributed by atoms with Crippen LogP contribution in [0.25, 0.3) is 0 Å². The number of likely N-dealkylation sites (N-methyl/N-ethyl adjacent to an activating group) is 1. The van der Waals surface area contributed by atoms with Gasteiger partial charge in [0.15, 0.2) is 0 Å². The fraction of sp³-hybridized carbons (Fsp3) is 0.350. The highest BCUT2D eigenvalue weighted by Crippen LogP contribution is 2.20. The molecule has 0 aromatic heterocycles. The van der Waals surface area contributed by atoms with Gasteiger partial charge in [-0.2, -0.15) is 0 Å². The maximum atomic E-state index is 12.7. The molecule has 4 heteroatoms. The van der Waals surface area contributed by atoms with Crippen LogP contribution >= 0.6 is 0 Å². The first-order valence-electron chi connectivity index (χ1n) is 8.18. The Kier molecular flexibility index (Phi) is 5.99. The van der Waals surface area contributed by atoms with Crippen molar-refractivity contribution in [3.8, 4) is 5.75 Å². The molecule has 0 heterocycles. The molecule has 0 saturated carbocycles. The van der Waals surface area contributed by atoms with Crippen LogP contribution in [0.5, 0.6) is 5.75 Å². The molecule has 0 aliphatic heterocycles. The van der Waals surface area contributed by atoms with Crippen LogP contribution in [0.15, 0.2) is 54.6 Å². The summed E-state index contributed by atoms with van der Waals surface area (Å²) in [4.78, 5) is 14.4. The summed E-state index contributed by atoms with van der Waals surface area (Å²) in [5, 5.41) is 0. The van der Waals surface area contributed by atoms with Gasteiger partial charge in [-0.25, -0.2) is 0 Å². The van der Waals surface area contributed by atoms with Gasteiger partial charge in [-0.05, 0) is 43.0 Å². The second kappa shape index (κ2) is 7.97. The molecular weight excluding hydrogens is 300 g/mol. The van der Waals surface area contributed by atoms with E-state index in [9.17, 15) is 4.79 Å². The molecule has 1 amide bonds. The van der Waals surface area contributed by atoms with Crippen molar-refractivity contribution >= 4 is 5.91 Å². The normalized spacial score (nSPS) is 13.2. The Bertz CT molecular complexity index is 651. The lowest BCUT2D eigenvalue weighted by Gasteiger charge is -2.29. The summed E-state index contributed by atoms with van der Waals surface area (Å²) in [7, 11) is 3.47. The predicted molar refractivity (Wildman–Crippen MR) is 96.9 cm³/mol. The highest BCUT2D eigenvalue weighted by atomic mass is 16.5. The van der Waals surface area contributed by atoms with Gasteiger partial charge in [0.1, 0.15) is 11.3 Å². The first kappa shape index (κ1) is 18.0. The number of carbonyl (C=O) groups excluding carboxylic acids is 1. The molecule has 2 rings (SSSR count). The van der Waals surface area contributed by atoms with Crippen LogP contribution < -0.4 is 10.5 Å². The number of amides is 1. The van der Waals surface area contributed by atoms with E-state index in [4.69, 9.17) is 10.5 Å². The predicted octanol–water partition coefficient (Wildman–Crippen LogP) is 2.96. The average Bonchev–Trinajstić information content (AvgIpc) is 2.62. The van der Waals surface area contributed by atoms with Crippen LogP contribution in [-0.2, 0) is 16.8 Å². The van der Waals surface area contributed by atoms with E-state index in [0.717, 1.165) is 24.2 Å². The monoisotopic (exact) mass is 326 g/mol. The Balaban J connectivity index is 1.89. The summed E-state index contributed by atoms with van der Waals surface area (Å²) < 4.78 is 5.16. The van der Waals surface area contributed by atoms with Gasteiger partial charge in [0.25, 0.3) is 0 Å². The van der Waals surface area contributed by atoms with Crippen LogP contribution in [0.4, 0.5) is 0 Å². The molecule has 0 bridgehead atoms. The number of benzene rings is 2. The second-order valence-corrected chi connectivity index (χ2v) is 6.25. The SMILES string of the molecule is COc1ccc(CCCN(C)C(=O)C(C)(N)c2ccccc2)cc1. The third kappa shape index (κ3) is 4.36. The molecule has 1 unspecified atom stereocenters. The molecule has 0 radical (unpaired) electrons. The second-order valence-electron chi connectivity index (χ2n) is 6.25. The minimum absolute atomic E-state index is 0.0663. The number of hydrogen-bond donors (Lipinski definition) is 1. The Morgan fingerprint density at radius 3 is 2.33 bits per heavy atom. The summed E-state index contributed by atoms with van der Waals surface area (Å²) >= 11 is 0. The van der Waals surface area contributed by atoms with Crippen LogP contribution in [0.3, 0.4) is 0 Å². The van der Waals surface area contributed by atoms with Gasteiger partial charge in [-0.15, -0.1) is 0 Å². The first-order chi connectivity index (χ1) is 11.4. The van der Waals surface area contributed by atoms with Crippen molar-refractivity contribution < 1.29 is 9.53 Å². The van der Waals surface area contributed by atoms with Gasteiger partial charge < -0.3 is 15.4 Å². The van der Waals surface area contributed by atoms with E-state index in [1.165, 1.54) is 5.56 Å². The van der Waals surface area contributed by atoms with Crippen LogP contribution in [0.1, 0.15) is 24.5 Å². The van der Waals surface area contributed by atoms with Gasteiger partial charge in [-0.1, -0.05) is 42.5 Å². The van der Waals surface area contributed by atoms with Crippen LogP contribution in [0.2, 0.25) is 0 Å². The highest BCUT2D eigenvalue weighted by Gasteiger charge is 2.32. The molecule has 0 saturated heterocycles. The lowest BCUT2D eigenvalue weighted by Crippen LogP contribution is -2.49. The molecule has 1 atom stereocenters. The van der Waals surface area contributed by atoms with E-state index in [2.05, 4.69) is 12.1 Å². The van der Waals surface area contributed by atoms with Crippen molar-refractivity contribution in [3.05, 3.63) is 65.7 Å². The maximum Gasteiger partial charge on any atom is 0.246 e. The number of ether oxygens (including phenoxy) is 1. The van der Waals surface area contributed by atoms with Crippen LogP contribution in [0, 0.1) is 0 Å². The number of nitrogens with zero attached hydrogens (tertiary/aromatic N) is 1. The Labute approximate surface area is 144 Å². The lowest BCUT2D eigenvalue weighted by molar-refractivity contribution is -0.135. The standard InChI is InChI=1S/C20H26N2O2/c1-20(21,17-9-5-4-6-10-17)19(23)22(2)15-7-8-16-11-13-18(24-3)14-12-16/h4-6,9-14H,7-8,15,21H2,1-3H3. The fourth-order valence-corrected chi connectivity index (χ4v) is 2.72. The average molecular weight is 326 g/mol. The molecule has 0 aliphatic carbocycles. The van der Waals surface area contributed by atoms with Crippen molar-refractivity contribution in [2.45, 2.75) is 25.3 Å². The zero-order valence-corrected chi connectivity index (χ0v) is 14.7. The Morgan fingerprint density at radius 2 is 1.75 bits per heavy atom. The lowest BCUT2D eigenvalue weighted by atomic mass is 9.91. The van der Waals surface area contributed by atoms with Crippen molar-refractivity contribution in [2.75, 3.05) is 20.7 Å². The van der Waals surface area contributed by atoms with Gasteiger partial charge >= 0.3 is 0 Å². The first-order valence-corrected chi connectivity index (χ1v) is 8.18. The third-order valence-electron chi connectivity index (χ3n) is 4.28. The van der Waals surface area contributed by atoms with Crippen molar-refractivity contribution in [3.63, 3.8) is 0 Å². The molecule has 128 valence electrons. The number of aryl methyl sites for hydroxylation is 1. The van der Waals surface area contributed by atoms with Crippen molar-refractivity contribution in [1.29, 1.82) is 0 Å². The molecule has 4 nitrogen and oxygen atoms in total. The summed E-state index contributed by atoms with van der Waals surface area (Å²) in [6, 6.07) is 17.5.